The Hall–Kier alpha value is -2.11. The Labute approximate surface area is 122 Å². The van der Waals surface area contributed by atoms with Crippen molar-refractivity contribution in [1.82, 2.24) is 4.90 Å². The zero-order chi connectivity index (χ0) is 15.4. The second kappa shape index (κ2) is 6.56. The van der Waals surface area contributed by atoms with Crippen molar-refractivity contribution in [3.63, 3.8) is 0 Å². The molecule has 1 saturated heterocycles. The molecule has 1 amide bonds. The molecule has 114 valence electrons. The van der Waals surface area contributed by atoms with Gasteiger partial charge in [-0.1, -0.05) is 12.1 Å². The third-order valence-corrected chi connectivity index (χ3v) is 3.73. The van der Waals surface area contributed by atoms with Gasteiger partial charge in [0.15, 0.2) is 11.6 Å². The van der Waals surface area contributed by atoms with Crippen molar-refractivity contribution in [3.8, 4) is 5.75 Å². The summed E-state index contributed by atoms with van der Waals surface area (Å²) in [5.41, 5.74) is 0.397. The fourth-order valence-corrected chi connectivity index (χ4v) is 2.61. The molecule has 0 spiro atoms. The number of benzene rings is 1. The highest BCUT2D eigenvalue weighted by molar-refractivity contribution is 5.84. The molecule has 2 rings (SSSR count). The Morgan fingerprint density at radius 2 is 2.24 bits per heavy atom. The van der Waals surface area contributed by atoms with Crippen LogP contribution in [-0.2, 0) is 16.0 Å². The molecule has 0 unspecified atom stereocenters. The molecule has 0 bridgehead atoms. The second-order valence-electron chi connectivity index (χ2n) is 5.02. The number of carbonyl (C=O) groups is 2. The first-order valence-corrected chi connectivity index (χ1v) is 6.88. The number of carbonyl (C=O) groups excluding carboxylic acids is 1. The number of halogens is 1. The fraction of sp³-hybridized carbons (Fsp3) is 0.467. The minimum absolute atomic E-state index is 0.0911. The topological polar surface area (TPSA) is 66.8 Å². The Bertz CT molecular complexity index is 546. The second-order valence-corrected chi connectivity index (χ2v) is 5.02. The van der Waals surface area contributed by atoms with Crippen molar-refractivity contribution in [2.45, 2.75) is 31.7 Å². The smallest absolute Gasteiger partial charge is 0.326 e. The summed E-state index contributed by atoms with van der Waals surface area (Å²) in [7, 11) is 1.38. The summed E-state index contributed by atoms with van der Waals surface area (Å²) in [5.74, 6) is -1.55. The molecule has 0 aromatic heterocycles. The monoisotopic (exact) mass is 295 g/mol. The largest absolute Gasteiger partial charge is 0.494 e. The minimum Gasteiger partial charge on any atom is -0.494 e. The van der Waals surface area contributed by atoms with Gasteiger partial charge in [0.05, 0.1) is 7.11 Å². The lowest BCUT2D eigenvalue weighted by molar-refractivity contribution is -0.148. The van der Waals surface area contributed by atoms with Crippen LogP contribution in [0.5, 0.6) is 5.75 Å². The van der Waals surface area contributed by atoms with Crippen LogP contribution in [0.1, 0.15) is 24.8 Å². The average molecular weight is 295 g/mol. The fourth-order valence-electron chi connectivity index (χ4n) is 2.61. The maximum atomic E-state index is 14.0. The molecule has 5 nitrogen and oxygen atoms in total. The summed E-state index contributed by atoms with van der Waals surface area (Å²) in [6.45, 7) is 0.455. The predicted molar refractivity (Wildman–Crippen MR) is 73.6 cm³/mol. The molecule has 0 aliphatic carbocycles. The Morgan fingerprint density at radius 1 is 1.48 bits per heavy atom. The normalized spacial score (nSPS) is 17.8. The van der Waals surface area contributed by atoms with Gasteiger partial charge in [0.1, 0.15) is 6.04 Å². The van der Waals surface area contributed by atoms with Gasteiger partial charge in [-0.2, -0.15) is 0 Å². The van der Waals surface area contributed by atoms with Crippen LogP contribution in [0, 0.1) is 5.82 Å². The van der Waals surface area contributed by atoms with E-state index in [1.165, 1.54) is 18.1 Å². The van der Waals surface area contributed by atoms with E-state index in [-0.39, 0.29) is 24.5 Å². The third-order valence-electron chi connectivity index (χ3n) is 3.73. The minimum atomic E-state index is -0.978. The maximum absolute atomic E-state index is 14.0. The van der Waals surface area contributed by atoms with E-state index in [1.807, 2.05) is 0 Å². The van der Waals surface area contributed by atoms with E-state index in [1.54, 1.807) is 12.1 Å². The van der Waals surface area contributed by atoms with Crippen molar-refractivity contribution in [2.24, 2.45) is 0 Å². The lowest BCUT2D eigenvalue weighted by atomic mass is 10.1. The van der Waals surface area contributed by atoms with Gasteiger partial charge in [-0.25, -0.2) is 9.18 Å². The first-order valence-electron chi connectivity index (χ1n) is 6.88. The van der Waals surface area contributed by atoms with Gasteiger partial charge in [0.2, 0.25) is 5.91 Å². The van der Waals surface area contributed by atoms with E-state index in [4.69, 9.17) is 9.84 Å². The van der Waals surface area contributed by atoms with Crippen LogP contribution < -0.4 is 4.74 Å². The van der Waals surface area contributed by atoms with Crippen LogP contribution >= 0.6 is 0 Å². The summed E-state index contributed by atoms with van der Waals surface area (Å²) in [4.78, 5) is 24.5. The van der Waals surface area contributed by atoms with Gasteiger partial charge in [-0.15, -0.1) is 0 Å². The number of methoxy groups -OCH3 is 1. The van der Waals surface area contributed by atoms with Gasteiger partial charge < -0.3 is 14.7 Å². The number of amides is 1. The summed E-state index contributed by atoms with van der Waals surface area (Å²) in [5, 5.41) is 9.06. The highest BCUT2D eigenvalue weighted by Gasteiger charge is 2.33. The van der Waals surface area contributed by atoms with Gasteiger partial charge >= 0.3 is 5.97 Å². The SMILES string of the molecule is COc1cccc(CCC(=O)N2CCC[C@H]2C(=O)O)c1F. The Balaban J connectivity index is 2.00. The summed E-state index contributed by atoms with van der Waals surface area (Å²) in [6, 6.07) is 4.04. The van der Waals surface area contributed by atoms with E-state index in [2.05, 4.69) is 0 Å². The molecule has 1 heterocycles. The summed E-state index contributed by atoms with van der Waals surface area (Å²) >= 11 is 0. The van der Waals surface area contributed by atoms with Crippen molar-refractivity contribution < 1.29 is 23.8 Å². The Morgan fingerprint density at radius 3 is 2.90 bits per heavy atom. The van der Waals surface area contributed by atoms with Gasteiger partial charge in [-0.3, -0.25) is 4.79 Å². The maximum Gasteiger partial charge on any atom is 0.326 e. The van der Waals surface area contributed by atoms with Gasteiger partial charge in [-0.05, 0) is 30.9 Å². The van der Waals surface area contributed by atoms with Crippen LogP contribution in [0.4, 0.5) is 4.39 Å². The number of aryl methyl sites for hydroxylation is 1. The van der Waals surface area contributed by atoms with Crippen LogP contribution in [0.15, 0.2) is 18.2 Å². The first kappa shape index (κ1) is 15.3. The number of carboxylic acids is 1. The number of nitrogens with zero attached hydrogens (tertiary/aromatic N) is 1. The predicted octanol–water partition coefficient (Wildman–Crippen LogP) is 1.84. The van der Waals surface area contributed by atoms with E-state index in [0.717, 1.165) is 0 Å². The molecular formula is C15H18FNO4. The average Bonchev–Trinajstić information content (AvgIpc) is 2.95. The molecule has 0 saturated carbocycles. The molecular weight excluding hydrogens is 277 g/mol. The zero-order valence-corrected chi connectivity index (χ0v) is 11.8. The summed E-state index contributed by atoms with van der Waals surface area (Å²) in [6.07, 6.45) is 1.49. The van der Waals surface area contributed by atoms with Gasteiger partial charge in [0, 0.05) is 13.0 Å². The standard InChI is InChI=1S/C15H18FNO4/c1-21-12-6-2-4-10(14(12)16)7-8-13(18)17-9-3-5-11(17)15(19)20/h2,4,6,11H,3,5,7-9H2,1H3,(H,19,20)/t11-/m0/s1. The quantitative estimate of drug-likeness (QED) is 0.900. The molecule has 0 radical (unpaired) electrons. The molecule has 1 aromatic rings. The van der Waals surface area contributed by atoms with Crippen molar-refractivity contribution in [2.75, 3.05) is 13.7 Å². The van der Waals surface area contributed by atoms with Crippen LogP contribution in [0.25, 0.3) is 0 Å². The number of hydrogen-bond donors (Lipinski definition) is 1. The highest BCUT2D eigenvalue weighted by atomic mass is 19.1. The molecule has 1 N–H and O–H groups in total. The van der Waals surface area contributed by atoms with Crippen molar-refractivity contribution >= 4 is 11.9 Å². The lowest BCUT2D eigenvalue weighted by Crippen LogP contribution is -2.40. The van der Waals surface area contributed by atoms with Gasteiger partial charge in [0.25, 0.3) is 0 Å². The van der Waals surface area contributed by atoms with E-state index < -0.39 is 17.8 Å². The lowest BCUT2D eigenvalue weighted by Gasteiger charge is -2.21. The summed E-state index contributed by atoms with van der Waals surface area (Å²) < 4.78 is 18.9. The molecule has 1 aliphatic heterocycles. The van der Waals surface area contributed by atoms with Crippen LogP contribution in [0.3, 0.4) is 0 Å². The Kier molecular flexibility index (Phi) is 4.77. The molecule has 6 heteroatoms. The van der Waals surface area contributed by atoms with E-state index in [0.29, 0.717) is 24.9 Å². The number of carboxylic acid groups (broad SMARTS) is 1. The van der Waals surface area contributed by atoms with E-state index >= 15 is 0 Å². The number of likely N-dealkylation sites (tertiary alicyclic amines) is 1. The number of hydrogen-bond acceptors (Lipinski definition) is 3. The van der Waals surface area contributed by atoms with Crippen LogP contribution in [-0.4, -0.2) is 41.6 Å². The van der Waals surface area contributed by atoms with Crippen molar-refractivity contribution in [3.05, 3.63) is 29.6 Å². The van der Waals surface area contributed by atoms with E-state index in [9.17, 15) is 14.0 Å². The highest BCUT2D eigenvalue weighted by Crippen LogP contribution is 2.23. The molecule has 1 fully saturated rings. The number of aliphatic carboxylic acids is 1. The van der Waals surface area contributed by atoms with Crippen molar-refractivity contribution in [1.29, 1.82) is 0 Å². The van der Waals surface area contributed by atoms with Crippen LogP contribution in [0.2, 0.25) is 0 Å². The molecule has 1 aliphatic rings. The first-order chi connectivity index (χ1) is 10.0. The molecule has 1 atom stereocenters. The zero-order valence-electron chi connectivity index (χ0n) is 11.8. The molecule has 21 heavy (non-hydrogen) atoms. The third kappa shape index (κ3) is 3.32. The number of rotatable bonds is 5. The molecule has 1 aromatic carbocycles. The number of ether oxygens (including phenoxy) is 1.